The van der Waals surface area contributed by atoms with Crippen LogP contribution in [0.5, 0.6) is 0 Å². The minimum atomic E-state index is -1.15. The zero-order valence-electron chi connectivity index (χ0n) is 19.9. The largest absolute Gasteiger partial charge is 0.359 e. The van der Waals surface area contributed by atoms with Crippen molar-refractivity contribution in [3.8, 4) is 0 Å². The maximum atomic E-state index is 13.9. The third-order valence-electron chi connectivity index (χ3n) is 8.07. The molecule has 1 saturated carbocycles. The molecule has 9 heteroatoms. The van der Waals surface area contributed by atoms with Crippen LogP contribution in [0.1, 0.15) is 52.4 Å². The maximum Gasteiger partial charge on any atom is 0.246 e. The Kier molecular flexibility index (Phi) is 6.62. The molecule has 3 amide bonds. The third-order valence-corrected chi connectivity index (χ3v) is 8.81. The molecule has 0 aromatic heterocycles. The molecule has 2 saturated heterocycles. The first-order valence-electron chi connectivity index (χ1n) is 12.5. The van der Waals surface area contributed by atoms with E-state index in [1.165, 1.54) is 6.42 Å². The Morgan fingerprint density at radius 2 is 1.91 bits per heavy atom. The van der Waals surface area contributed by atoms with Gasteiger partial charge in [0.25, 0.3) is 0 Å². The first-order valence-corrected chi connectivity index (χ1v) is 13.3. The highest BCUT2D eigenvalue weighted by Gasteiger charge is 2.73. The summed E-state index contributed by atoms with van der Waals surface area (Å²) in [4.78, 5) is 42.7. The number of hydrogen-bond donors (Lipinski definition) is 2. The second-order valence-corrected chi connectivity index (χ2v) is 11.0. The molecule has 4 aliphatic rings. The Balaban J connectivity index is 1.44. The highest BCUT2D eigenvalue weighted by Crippen LogP contribution is 2.55. The highest BCUT2D eigenvalue weighted by molar-refractivity contribution is 6.42. The lowest BCUT2D eigenvalue weighted by atomic mass is 9.74. The van der Waals surface area contributed by atoms with E-state index in [1.54, 1.807) is 23.1 Å². The van der Waals surface area contributed by atoms with E-state index in [4.69, 9.17) is 27.9 Å². The number of benzene rings is 1. The fourth-order valence-corrected chi connectivity index (χ4v) is 6.50. The minimum absolute atomic E-state index is 0.108. The van der Waals surface area contributed by atoms with E-state index < -0.39 is 29.6 Å². The smallest absolute Gasteiger partial charge is 0.246 e. The molecule has 1 aromatic rings. The molecule has 3 aliphatic heterocycles. The molecule has 1 spiro atoms. The van der Waals surface area contributed by atoms with Crippen LogP contribution >= 0.6 is 23.2 Å². The lowest BCUT2D eigenvalue weighted by Crippen LogP contribution is -2.58. The number of nitrogens with zero attached hydrogens (tertiary/aromatic N) is 1. The summed E-state index contributed by atoms with van der Waals surface area (Å²) in [5.74, 6) is -2.25. The number of rotatable bonds is 6. The molecule has 6 atom stereocenters. The summed E-state index contributed by atoms with van der Waals surface area (Å²) in [7, 11) is 0. The Bertz CT molecular complexity index is 1070. The maximum absolute atomic E-state index is 13.9. The summed E-state index contributed by atoms with van der Waals surface area (Å²) in [6, 6.07) is 3.98. The number of fused-ring (bicyclic) bond motifs is 1. The monoisotopic (exact) mass is 519 g/mol. The molecule has 3 heterocycles. The molecular formula is C26H31Cl2N3O4. The average molecular weight is 520 g/mol. The van der Waals surface area contributed by atoms with Gasteiger partial charge in [-0.05, 0) is 44.4 Å². The van der Waals surface area contributed by atoms with E-state index in [2.05, 4.69) is 10.6 Å². The fraction of sp³-hybridized carbons (Fsp3) is 0.577. The summed E-state index contributed by atoms with van der Waals surface area (Å²) in [6.07, 6.45) is 9.04. The van der Waals surface area contributed by atoms with E-state index in [-0.39, 0.29) is 29.8 Å². The Morgan fingerprint density at radius 1 is 1.17 bits per heavy atom. The van der Waals surface area contributed by atoms with E-state index in [9.17, 15) is 14.4 Å². The van der Waals surface area contributed by atoms with Gasteiger partial charge in [0.2, 0.25) is 17.7 Å². The lowest BCUT2D eigenvalue weighted by Gasteiger charge is -2.36. The van der Waals surface area contributed by atoms with Crippen molar-refractivity contribution >= 4 is 46.6 Å². The number of halogens is 2. The van der Waals surface area contributed by atoms with Crippen molar-refractivity contribution < 1.29 is 19.1 Å². The quantitative estimate of drug-likeness (QED) is 0.547. The van der Waals surface area contributed by atoms with Gasteiger partial charge in [0.15, 0.2) is 0 Å². The van der Waals surface area contributed by atoms with Crippen LogP contribution < -0.4 is 10.6 Å². The number of carbonyl (C=O) groups is 3. The van der Waals surface area contributed by atoms with Crippen LogP contribution in [0.25, 0.3) is 0 Å². The Morgan fingerprint density at radius 3 is 2.60 bits per heavy atom. The SMILES string of the molecule is CCC(C)N1C(=O)C2C(C(=O)Nc3ccc(Cl)c(Cl)c3)C3C=CC2(O3)C1C(=O)NC1CCCCC1. The van der Waals surface area contributed by atoms with Crippen molar-refractivity contribution in [1.82, 2.24) is 10.2 Å². The summed E-state index contributed by atoms with van der Waals surface area (Å²) in [5.41, 5.74) is -0.662. The second kappa shape index (κ2) is 9.41. The number of likely N-dealkylation sites (tertiary alicyclic amines) is 1. The normalized spacial score (nSPS) is 32.6. The number of ether oxygens (including phenoxy) is 1. The zero-order chi connectivity index (χ0) is 24.9. The van der Waals surface area contributed by atoms with Crippen molar-refractivity contribution in [3.05, 3.63) is 40.4 Å². The zero-order valence-corrected chi connectivity index (χ0v) is 21.4. The van der Waals surface area contributed by atoms with Gasteiger partial charge in [-0.25, -0.2) is 0 Å². The second-order valence-electron chi connectivity index (χ2n) is 10.2. The van der Waals surface area contributed by atoms with Gasteiger partial charge < -0.3 is 20.3 Å². The standard InChI is InChI=1S/C26H31Cl2N3O4/c1-3-14(2)31-22(24(33)29-15-7-5-4-6-8-15)26-12-11-19(35-26)20(21(26)25(31)34)23(32)30-16-9-10-17(27)18(28)13-16/h9-15,19-22H,3-8H2,1-2H3,(H,29,33)(H,30,32). The van der Waals surface area contributed by atoms with Crippen molar-refractivity contribution in [2.45, 2.75) is 82.2 Å². The predicted octanol–water partition coefficient (Wildman–Crippen LogP) is 4.33. The molecule has 188 valence electrons. The topological polar surface area (TPSA) is 87.7 Å². The summed E-state index contributed by atoms with van der Waals surface area (Å²) >= 11 is 12.1. The molecule has 3 fully saturated rings. The van der Waals surface area contributed by atoms with Crippen LogP contribution in [0.3, 0.4) is 0 Å². The van der Waals surface area contributed by atoms with E-state index >= 15 is 0 Å². The fourth-order valence-electron chi connectivity index (χ4n) is 6.20. The van der Waals surface area contributed by atoms with Gasteiger partial charge in [0.05, 0.1) is 28.0 Å². The van der Waals surface area contributed by atoms with Crippen LogP contribution in [0, 0.1) is 11.8 Å². The number of anilines is 1. The van der Waals surface area contributed by atoms with Crippen molar-refractivity contribution in [1.29, 1.82) is 0 Å². The Labute approximate surface area is 215 Å². The first kappa shape index (κ1) is 24.6. The van der Waals surface area contributed by atoms with Crippen molar-refractivity contribution in [2.24, 2.45) is 11.8 Å². The van der Waals surface area contributed by atoms with E-state index in [0.717, 1.165) is 25.7 Å². The van der Waals surface area contributed by atoms with Gasteiger partial charge in [-0.1, -0.05) is 61.5 Å². The minimum Gasteiger partial charge on any atom is -0.359 e. The summed E-state index contributed by atoms with van der Waals surface area (Å²) < 4.78 is 6.37. The molecule has 6 unspecified atom stereocenters. The van der Waals surface area contributed by atoms with Crippen LogP contribution in [-0.4, -0.2) is 52.5 Å². The van der Waals surface area contributed by atoms with Gasteiger partial charge in [0, 0.05) is 17.8 Å². The molecule has 1 aliphatic carbocycles. The first-order chi connectivity index (χ1) is 16.8. The summed E-state index contributed by atoms with van der Waals surface area (Å²) in [5, 5.41) is 6.78. The third kappa shape index (κ3) is 4.05. The van der Waals surface area contributed by atoms with Crippen LogP contribution in [0.2, 0.25) is 10.0 Å². The van der Waals surface area contributed by atoms with Crippen molar-refractivity contribution in [3.63, 3.8) is 0 Å². The van der Waals surface area contributed by atoms with Crippen LogP contribution in [0.4, 0.5) is 5.69 Å². The number of nitrogens with one attached hydrogen (secondary N) is 2. The van der Waals surface area contributed by atoms with E-state index in [1.807, 2.05) is 26.0 Å². The molecule has 2 bridgehead atoms. The number of hydrogen-bond acceptors (Lipinski definition) is 4. The molecular weight excluding hydrogens is 489 g/mol. The predicted molar refractivity (Wildman–Crippen MR) is 134 cm³/mol. The highest BCUT2D eigenvalue weighted by atomic mass is 35.5. The molecule has 1 aromatic carbocycles. The molecule has 2 N–H and O–H groups in total. The number of amides is 3. The number of carbonyl (C=O) groups excluding carboxylic acids is 3. The molecule has 35 heavy (non-hydrogen) atoms. The van der Waals surface area contributed by atoms with Crippen molar-refractivity contribution in [2.75, 3.05) is 5.32 Å². The molecule has 5 rings (SSSR count). The summed E-state index contributed by atoms with van der Waals surface area (Å²) in [6.45, 7) is 3.93. The van der Waals surface area contributed by atoms with Crippen LogP contribution in [0.15, 0.2) is 30.4 Å². The van der Waals surface area contributed by atoms with Crippen LogP contribution in [-0.2, 0) is 19.1 Å². The van der Waals surface area contributed by atoms with Gasteiger partial charge >= 0.3 is 0 Å². The average Bonchev–Trinajstić information content (AvgIpc) is 3.49. The molecule has 7 nitrogen and oxygen atoms in total. The lowest BCUT2D eigenvalue weighted by molar-refractivity contribution is -0.143. The van der Waals surface area contributed by atoms with Gasteiger partial charge in [-0.3, -0.25) is 14.4 Å². The van der Waals surface area contributed by atoms with E-state index in [0.29, 0.717) is 22.2 Å². The Hall–Kier alpha value is -2.09. The van der Waals surface area contributed by atoms with Gasteiger partial charge in [0.1, 0.15) is 11.6 Å². The van der Waals surface area contributed by atoms with Gasteiger partial charge in [-0.2, -0.15) is 0 Å². The van der Waals surface area contributed by atoms with Gasteiger partial charge in [-0.15, -0.1) is 0 Å². The molecule has 0 radical (unpaired) electrons.